The minimum Gasteiger partial charge on any atom is -0.392 e. The Hall–Kier alpha value is 0.1000. The zero-order valence-corrected chi connectivity index (χ0v) is 67.4. The first-order chi connectivity index (χ1) is 47.1. The van der Waals surface area contributed by atoms with Gasteiger partial charge in [-0.2, -0.15) is 0 Å². The molecular formula is C82H164N4O6S4. The Morgan fingerprint density at radius 3 is 0.615 bits per heavy atom. The first-order valence-electron chi connectivity index (χ1n) is 42.4. The Morgan fingerprint density at radius 1 is 0.271 bits per heavy atom. The Labute approximate surface area is 613 Å². The second kappa shape index (κ2) is 74.8. The number of rotatable bonds is 80. The summed E-state index contributed by atoms with van der Waals surface area (Å²) in [5, 5.41) is 51.1. The third-order valence-electron chi connectivity index (χ3n) is 20.3. The number of hydrogen-bond donors (Lipinski definition) is 6. The highest BCUT2D eigenvalue weighted by atomic mass is 33.1. The SMILES string of the molecule is CCCCCCCCCCCCCCCCC(O)CN(CCSSCC1NC(=O)C(CSSCCN(CC(O)CCCCCCCCCCCCCCCC)CC(O)CCCCCCCCCCCCCCCC)NC1=O)CC(O)CCCCCCCCCCCCCCCC. The van der Waals surface area contributed by atoms with Crippen molar-refractivity contribution >= 4 is 55.0 Å². The van der Waals surface area contributed by atoms with E-state index in [1.807, 2.05) is 0 Å². The van der Waals surface area contributed by atoms with Crippen molar-refractivity contribution in [2.75, 3.05) is 62.3 Å². The monoisotopic (exact) mass is 1430 g/mol. The van der Waals surface area contributed by atoms with E-state index in [1.165, 1.54) is 334 Å². The quantitative estimate of drug-likeness (QED) is 0.0255. The van der Waals surface area contributed by atoms with Crippen molar-refractivity contribution in [1.82, 2.24) is 20.4 Å². The van der Waals surface area contributed by atoms with Gasteiger partial charge in [0.05, 0.1) is 24.4 Å². The zero-order chi connectivity index (χ0) is 69.5. The van der Waals surface area contributed by atoms with Gasteiger partial charge < -0.3 is 31.1 Å². The van der Waals surface area contributed by atoms with E-state index in [0.29, 0.717) is 37.7 Å². The van der Waals surface area contributed by atoms with E-state index in [-0.39, 0.29) is 11.8 Å². The van der Waals surface area contributed by atoms with Crippen molar-refractivity contribution in [3.05, 3.63) is 0 Å². The lowest BCUT2D eigenvalue weighted by Gasteiger charge is -2.29. The van der Waals surface area contributed by atoms with E-state index in [1.54, 1.807) is 43.2 Å². The predicted octanol–water partition coefficient (Wildman–Crippen LogP) is 23.3. The number of amides is 2. The molecule has 1 fully saturated rings. The van der Waals surface area contributed by atoms with E-state index < -0.39 is 36.5 Å². The summed E-state index contributed by atoms with van der Waals surface area (Å²) in [6, 6.07) is -1.17. The molecular weight excluding hydrogens is 1270 g/mol. The molecule has 0 aromatic rings. The van der Waals surface area contributed by atoms with Gasteiger partial charge in [-0.1, -0.05) is 430 Å². The number of hydrogen-bond acceptors (Lipinski definition) is 12. The molecule has 14 heteroatoms. The standard InChI is InChI=1S/C82H164N4O6S4/c1-5-9-13-17-21-25-29-33-37-41-45-49-53-57-61-75(87)69-85(70-76(88)62-58-54-50-46-42-38-34-30-26-22-18-14-10-6-2)65-67-93-95-73-79-81(91)84-80(82(92)83-79)74-96-94-68-66-86(71-77(89)63-59-55-51-47-43-39-35-31-27-23-19-15-11-7-3)72-78(90)64-60-56-52-48-44-40-36-32-28-24-20-16-12-8-4/h75-80,87-90H,5-74H2,1-4H3,(H,83,92)(H,84,91). The molecule has 1 saturated heterocycles. The van der Waals surface area contributed by atoms with Crippen molar-refractivity contribution in [3.8, 4) is 0 Å². The molecule has 0 aromatic carbocycles. The fourth-order valence-electron chi connectivity index (χ4n) is 14.0. The highest BCUT2D eigenvalue weighted by molar-refractivity contribution is 8.77. The van der Waals surface area contributed by atoms with Crippen LogP contribution in [-0.2, 0) is 9.59 Å². The summed E-state index contributed by atoms with van der Waals surface area (Å²) in [6.45, 7) is 12.9. The topological polar surface area (TPSA) is 146 Å². The van der Waals surface area contributed by atoms with Gasteiger partial charge in [0.25, 0.3) is 0 Å². The molecule has 6 unspecified atom stereocenters. The maximum atomic E-state index is 13.4. The minimum atomic E-state index is -0.584. The average molecular weight is 1430 g/mol. The van der Waals surface area contributed by atoms with Crippen LogP contribution >= 0.6 is 43.2 Å². The summed E-state index contributed by atoms with van der Waals surface area (Å²) in [7, 11) is 6.62. The van der Waals surface area contributed by atoms with Crippen molar-refractivity contribution in [2.24, 2.45) is 0 Å². The molecule has 1 heterocycles. The Morgan fingerprint density at radius 2 is 0.438 bits per heavy atom. The number of aliphatic hydroxyl groups excluding tert-OH is 4. The molecule has 572 valence electrons. The highest BCUT2D eigenvalue weighted by Crippen LogP contribution is 2.27. The molecule has 1 aliphatic heterocycles. The third kappa shape index (κ3) is 64.9. The van der Waals surface area contributed by atoms with Crippen molar-refractivity contribution in [1.29, 1.82) is 0 Å². The lowest BCUT2D eigenvalue weighted by molar-refractivity contribution is -0.135. The zero-order valence-electron chi connectivity index (χ0n) is 64.1. The summed E-state index contributed by atoms with van der Waals surface area (Å²) in [5.41, 5.74) is 0. The van der Waals surface area contributed by atoms with Crippen LogP contribution in [0.15, 0.2) is 0 Å². The molecule has 96 heavy (non-hydrogen) atoms. The van der Waals surface area contributed by atoms with Crippen LogP contribution in [0.2, 0.25) is 0 Å². The number of piperazine rings is 1. The van der Waals surface area contributed by atoms with Crippen LogP contribution in [0, 0.1) is 0 Å². The number of nitrogens with one attached hydrogen (secondary N) is 2. The summed E-state index contributed by atoms with van der Waals surface area (Å²) >= 11 is 0. The first kappa shape index (κ1) is 94.1. The summed E-state index contributed by atoms with van der Waals surface area (Å²) < 4.78 is 0. The second-order valence-corrected chi connectivity index (χ2v) is 35.3. The number of carbonyl (C=O) groups excluding carboxylic acids is 2. The van der Waals surface area contributed by atoms with Gasteiger partial charge in [0.1, 0.15) is 12.1 Å². The molecule has 0 aromatic heterocycles. The summed E-state index contributed by atoms with van der Waals surface area (Å²) in [6.07, 6.45) is 75.6. The van der Waals surface area contributed by atoms with E-state index in [2.05, 4.69) is 48.1 Å². The summed E-state index contributed by atoms with van der Waals surface area (Å²) in [5.74, 6) is 2.29. The largest absolute Gasteiger partial charge is 0.392 e. The normalized spacial score (nSPS) is 15.7. The maximum absolute atomic E-state index is 13.4. The second-order valence-electron chi connectivity index (χ2n) is 30.0. The molecule has 10 nitrogen and oxygen atoms in total. The molecule has 1 aliphatic rings. The van der Waals surface area contributed by atoms with E-state index in [9.17, 15) is 30.0 Å². The average Bonchev–Trinajstić information content (AvgIpc) is 0.986. The van der Waals surface area contributed by atoms with Gasteiger partial charge in [-0.25, -0.2) is 0 Å². The van der Waals surface area contributed by atoms with Crippen LogP contribution in [0.4, 0.5) is 0 Å². The first-order valence-corrected chi connectivity index (χ1v) is 47.4. The number of carbonyl (C=O) groups is 2. The van der Waals surface area contributed by atoms with Gasteiger partial charge >= 0.3 is 0 Å². The van der Waals surface area contributed by atoms with Crippen LogP contribution in [-0.4, -0.2) is 141 Å². The Bertz CT molecular complexity index is 1400. The van der Waals surface area contributed by atoms with Crippen LogP contribution in [0.1, 0.15) is 413 Å². The summed E-state index contributed by atoms with van der Waals surface area (Å²) in [4.78, 5) is 31.3. The third-order valence-corrected chi connectivity index (χ3v) is 25.1. The van der Waals surface area contributed by atoms with Gasteiger partial charge in [-0.15, -0.1) is 0 Å². The van der Waals surface area contributed by atoms with Crippen molar-refractivity contribution < 1.29 is 30.0 Å². The van der Waals surface area contributed by atoms with Gasteiger partial charge in [-0.3, -0.25) is 19.4 Å². The molecule has 0 bridgehead atoms. The number of aliphatic hydroxyl groups is 4. The van der Waals surface area contributed by atoms with Crippen LogP contribution in [0.5, 0.6) is 0 Å². The van der Waals surface area contributed by atoms with Gasteiger partial charge in [0.15, 0.2) is 0 Å². The fourth-order valence-corrected chi connectivity index (χ4v) is 18.3. The molecule has 0 aliphatic carbocycles. The molecule has 0 spiro atoms. The van der Waals surface area contributed by atoms with Crippen LogP contribution in [0.25, 0.3) is 0 Å². The Kier molecular flexibility index (Phi) is 73.3. The van der Waals surface area contributed by atoms with Crippen molar-refractivity contribution in [2.45, 2.75) is 449 Å². The van der Waals surface area contributed by atoms with Crippen LogP contribution in [0.3, 0.4) is 0 Å². The fraction of sp³-hybridized carbons (Fsp3) is 0.976. The van der Waals surface area contributed by atoms with E-state index >= 15 is 0 Å². The van der Waals surface area contributed by atoms with Gasteiger partial charge in [0, 0.05) is 62.3 Å². The van der Waals surface area contributed by atoms with Gasteiger partial charge in [-0.05, 0) is 25.7 Å². The number of nitrogens with zero attached hydrogens (tertiary/aromatic N) is 2. The van der Waals surface area contributed by atoms with Crippen LogP contribution < -0.4 is 10.6 Å². The smallest absolute Gasteiger partial charge is 0.244 e. The Balaban J connectivity index is 2.58. The molecule has 6 atom stereocenters. The molecule has 0 radical (unpaired) electrons. The lowest BCUT2D eigenvalue weighted by atomic mass is 10.0. The highest BCUT2D eigenvalue weighted by Gasteiger charge is 2.33. The number of unbranched alkanes of at least 4 members (excludes halogenated alkanes) is 52. The van der Waals surface area contributed by atoms with E-state index in [0.717, 1.165) is 76.0 Å². The van der Waals surface area contributed by atoms with Crippen molar-refractivity contribution in [3.63, 3.8) is 0 Å². The molecule has 6 N–H and O–H groups in total. The molecule has 2 amide bonds. The van der Waals surface area contributed by atoms with E-state index in [4.69, 9.17) is 0 Å². The minimum absolute atomic E-state index is 0.134. The van der Waals surface area contributed by atoms with Gasteiger partial charge in [0.2, 0.25) is 11.8 Å². The maximum Gasteiger partial charge on any atom is 0.244 e. The molecule has 0 saturated carbocycles. The molecule has 1 rings (SSSR count). The predicted molar refractivity (Wildman–Crippen MR) is 430 cm³/mol. The lowest BCUT2D eigenvalue weighted by Crippen LogP contribution is -2.63.